The van der Waals surface area contributed by atoms with E-state index < -0.39 is 17.2 Å². The summed E-state index contributed by atoms with van der Waals surface area (Å²) in [4.78, 5) is 30.3. The SMILES string of the molecule is O=c1cnn(-c2cc(Cl)c(C(c3ccc(Cl)cc3)c3nc(-c4ccccc4)no3)c(Cl)c2)c(=O)[nH]1. The quantitative estimate of drug-likeness (QED) is 0.341. The van der Waals surface area contributed by atoms with Crippen molar-refractivity contribution in [1.29, 1.82) is 0 Å². The van der Waals surface area contributed by atoms with Gasteiger partial charge in [-0.05, 0) is 29.8 Å². The molecule has 0 bridgehead atoms. The van der Waals surface area contributed by atoms with Gasteiger partial charge in [-0.25, -0.2) is 4.79 Å². The lowest BCUT2D eigenvalue weighted by Crippen LogP contribution is -2.30. The lowest BCUT2D eigenvalue weighted by atomic mass is 9.90. The predicted octanol–water partition coefficient (Wildman–Crippen LogP) is 5.11. The molecular weight excluding hydrogens is 513 g/mol. The van der Waals surface area contributed by atoms with E-state index >= 15 is 0 Å². The summed E-state index contributed by atoms with van der Waals surface area (Å²) in [5.74, 6) is 0.0426. The molecule has 35 heavy (non-hydrogen) atoms. The van der Waals surface area contributed by atoms with E-state index in [1.165, 1.54) is 12.1 Å². The molecule has 5 aromatic rings. The maximum Gasteiger partial charge on any atom is 0.349 e. The molecule has 1 N–H and O–H groups in total. The smallest absolute Gasteiger partial charge is 0.338 e. The van der Waals surface area contributed by atoms with Crippen LogP contribution in [0.1, 0.15) is 22.9 Å². The normalized spacial score (nSPS) is 12.0. The Labute approximate surface area is 212 Å². The van der Waals surface area contributed by atoms with Crippen molar-refractivity contribution in [3.05, 3.63) is 126 Å². The van der Waals surface area contributed by atoms with Gasteiger partial charge in [0.15, 0.2) is 0 Å². The highest BCUT2D eigenvalue weighted by Gasteiger charge is 2.29. The van der Waals surface area contributed by atoms with Crippen molar-refractivity contribution in [2.45, 2.75) is 5.92 Å². The second-order valence-electron chi connectivity index (χ2n) is 7.48. The van der Waals surface area contributed by atoms with Crippen molar-refractivity contribution < 1.29 is 4.52 Å². The van der Waals surface area contributed by atoms with Crippen LogP contribution in [-0.4, -0.2) is 24.9 Å². The number of aromatic amines is 1. The van der Waals surface area contributed by atoms with Crippen molar-refractivity contribution in [2.24, 2.45) is 0 Å². The van der Waals surface area contributed by atoms with Crippen molar-refractivity contribution >= 4 is 34.8 Å². The van der Waals surface area contributed by atoms with Crippen molar-refractivity contribution in [2.75, 3.05) is 0 Å². The van der Waals surface area contributed by atoms with E-state index in [4.69, 9.17) is 39.3 Å². The first-order valence-corrected chi connectivity index (χ1v) is 11.4. The number of nitrogens with one attached hydrogen (secondary N) is 1. The Morgan fingerprint density at radius 2 is 1.60 bits per heavy atom. The molecule has 174 valence electrons. The first-order valence-electron chi connectivity index (χ1n) is 10.2. The Bertz CT molecular complexity index is 1610. The summed E-state index contributed by atoms with van der Waals surface area (Å²) >= 11 is 19.5. The summed E-state index contributed by atoms with van der Waals surface area (Å²) in [6.07, 6.45) is 0.983. The number of hydrogen-bond donors (Lipinski definition) is 1. The van der Waals surface area contributed by atoms with Crippen LogP contribution in [-0.2, 0) is 0 Å². The largest absolute Gasteiger partial charge is 0.349 e. The van der Waals surface area contributed by atoms with Crippen molar-refractivity contribution in [3.8, 4) is 17.1 Å². The maximum atomic E-state index is 12.2. The molecule has 0 spiro atoms. The zero-order valence-electron chi connectivity index (χ0n) is 17.7. The van der Waals surface area contributed by atoms with Crippen LogP contribution in [0.15, 0.2) is 87.0 Å². The summed E-state index contributed by atoms with van der Waals surface area (Å²) < 4.78 is 6.65. The lowest BCUT2D eigenvalue weighted by molar-refractivity contribution is 0.375. The minimum Gasteiger partial charge on any atom is -0.338 e. The average molecular weight is 527 g/mol. The van der Waals surface area contributed by atoms with Gasteiger partial charge in [0.05, 0.1) is 11.6 Å². The molecular formula is C24H14Cl3N5O3. The van der Waals surface area contributed by atoms with Gasteiger partial charge in [-0.3, -0.25) is 9.78 Å². The van der Waals surface area contributed by atoms with Crippen molar-refractivity contribution in [1.82, 2.24) is 24.9 Å². The van der Waals surface area contributed by atoms with Gasteiger partial charge < -0.3 is 4.52 Å². The molecule has 0 aliphatic heterocycles. The zero-order valence-corrected chi connectivity index (χ0v) is 19.9. The maximum absolute atomic E-state index is 12.2. The van der Waals surface area contributed by atoms with Gasteiger partial charge in [0.2, 0.25) is 11.7 Å². The fourth-order valence-electron chi connectivity index (χ4n) is 3.65. The molecule has 0 aliphatic rings. The highest BCUT2D eigenvalue weighted by Crippen LogP contribution is 2.41. The summed E-state index contributed by atoms with van der Waals surface area (Å²) in [6.45, 7) is 0. The van der Waals surface area contributed by atoms with Gasteiger partial charge in [0, 0.05) is 26.2 Å². The third-order valence-corrected chi connectivity index (χ3v) is 6.11. The highest BCUT2D eigenvalue weighted by molar-refractivity contribution is 6.36. The second kappa shape index (κ2) is 9.50. The molecule has 0 aliphatic carbocycles. The standard InChI is InChI=1S/C24H14Cl3N5O3/c25-15-8-6-13(7-9-15)20(23-30-22(31-35-23)14-4-2-1-3-5-14)21-17(26)10-16(11-18(21)27)32-24(34)29-19(33)12-28-32/h1-12,20H,(H,29,33,34). The lowest BCUT2D eigenvalue weighted by Gasteiger charge is -2.18. The van der Waals surface area contributed by atoms with Gasteiger partial charge in [-0.15, -0.1) is 0 Å². The Hall–Kier alpha value is -3.72. The molecule has 0 fully saturated rings. The van der Waals surface area contributed by atoms with E-state index in [0.717, 1.165) is 22.0 Å². The van der Waals surface area contributed by atoms with Gasteiger partial charge in [-0.2, -0.15) is 14.8 Å². The topological polar surface area (TPSA) is 107 Å². The number of hydrogen-bond acceptors (Lipinski definition) is 6. The zero-order chi connectivity index (χ0) is 24.5. The molecule has 2 heterocycles. The first-order chi connectivity index (χ1) is 16.9. The minimum atomic E-state index is -0.726. The van der Waals surface area contributed by atoms with Gasteiger partial charge in [0.1, 0.15) is 6.20 Å². The molecule has 1 atom stereocenters. The molecule has 3 aromatic carbocycles. The second-order valence-corrected chi connectivity index (χ2v) is 8.73. The molecule has 1 unspecified atom stereocenters. The van der Waals surface area contributed by atoms with Gasteiger partial charge >= 0.3 is 5.69 Å². The van der Waals surface area contributed by atoms with E-state index in [2.05, 4.69) is 20.2 Å². The molecule has 8 nitrogen and oxygen atoms in total. The fourth-order valence-corrected chi connectivity index (χ4v) is 4.47. The van der Waals surface area contributed by atoms with E-state index in [9.17, 15) is 9.59 Å². The van der Waals surface area contributed by atoms with Gasteiger partial charge in [0.25, 0.3) is 5.56 Å². The summed E-state index contributed by atoms with van der Waals surface area (Å²) in [5.41, 5.74) is 0.960. The van der Waals surface area contributed by atoms with Crippen LogP contribution >= 0.6 is 34.8 Å². The van der Waals surface area contributed by atoms with Crippen LogP contribution in [0.2, 0.25) is 15.1 Å². The number of aromatic nitrogens is 5. The third kappa shape index (κ3) is 4.64. The number of rotatable bonds is 5. The van der Waals surface area contributed by atoms with Crippen molar-refractivity contribution in [3.63, 3.8) is 0 Å². The summed E-state index contributed by atoms with van der Waals surface area (Å²) in [5, 5.41) is 9.00. The number of nitrogens with zero attached hydrogens (tertiary/aromatic N) is 4. The van der Waals surface area contributed by atoms with Crippen LogP contribution in [0.5, 0.6) is 0 Å². The van der Waals surface area contributed by atoms with E-state index in [1.54, 1.807) is 12.1 Å². The van der Waals surface area contributed by atoms with Crippen LogP contribution in [0.3, 0.4) is 0 Å². The van der Waals surface area contributed by atoms with E-state index in [0.29, 0.717) is 16.4 Å². The molecule has 5 rings (SSSR count). The number of halogens is 3. The molecule has 11 heteroatoms. The number of benzene rings is 3. The molecule has 0 saturated heterocycles. The van der Waals surface area contributed by atoms with Crippen LogP contribution in [0.4, 0.5) is 0 Å². The van der Waals surface area contributed by atoms with Crippen LogP contribution in [0.25, 0.3) is 17.1 Å². The molecule has 0 radical (unpaired) electrons. The predicted molar refractivity (Wildman–Crippen MR) is 133 cm³/mol. The van der Waals surface area contributed by atoms with Gasteiger partial charge in [-0.1, -0.05) is 82.4 Å². The minimum absolute atomic E-state index is 0.229. The molecule has 2 aromatic heterocycles. The van der Waals surface area contributed by atoms with E-state index in [1.807, 2.05) is 42.5 Å². The Kier molecular flexibility index (Phi) is 6.25. The molecule has 0 saturated carbocycles. The van der Waals surface area contributed by atoms with E-state index in [-0.39, 0.29) is 21.6 Å². The summed E-state index contributed by atoms with van der Waals surface area (Å²) in [6, 6.07) is 19.5. The Morgan fingerprint density at radius 1 is 0.914 bits per heavy atom. The molecule has 0 amide bonds. The highest BCUT2D eigenvalue weighted by atomic mass is 35.5. The van der Waals surface area contributed by atoms with Crippen LogP contribution < -0.4 is 11.2 Å². The number of H-pyrrole nitrogens is 1. The third-order valence-electron chi connectivity index (χ3n) is 5.23. The monoisotopic (exact) mass is 525 g/mol. The average Bonchev–Trinajstić information content (AvgIpc) is 3.32. The Morgan fingerprint density at radius 3 is 2.26 bits per heavy atom. The fraction of sp³-hybridized carbons (Fsp3) is 0.0417. The van der Waals surface area contributed by atoms with Crippen LogP contribution in [0, 0.1) is 0 Å². The Balaban J connectivity index is 1.66. The first kappa shape index (κ1) is 23.0. The summed E-state index contributed by atoms with van der Waals surface area (Å²) in [7, 11) is 0.